The highest BCUT2D eigenvalue weighted by Gasteiger charge is 2.05. The Balaban J connectivity index is 2.13. The summed E-state index contributed by atoms with van der Waals surface area (Å²) >= 11 is 5.94. The number of aryl methyl sites for hydroxylation is 1. The molecule has 106 valence electrons. The summed E-state index contributed by atoms with van der Waals surface area (Å²) in [7, 11) is 4.04. The van der Waals surface area contributed by atoms with Crippen LogP contribution in [-0.2, 0) is 6.54 Å². The SMILES string of the molecule is Cc1cc(N(C)C)ccc1NCc1cc(Cl)ccc1O. The van der Waals surface area contributed by atoms with E-state index in [1.807, 2.05) is 20.2 Å². The molecule has 0 fully saturated rings. The van der Waals surface area contributed by atoms with Crippen molar-refractivity contribution in [2.24, 2.45) is 0 Å². The van der Waals surface area contributed by atoms with Crippen LogP contribution in [0.2, 0.25) is 5.02 Å². The van der Waals surface area contributed by atoms with Crippen molar-refractivity contribution in [3.8, 4) is 5.75 Å². The molecule has 0 aliphatic rings. The predicted octanol–water partition coefficient (Wildman–Crippen LogP) is 4.03. The number of hydrogen-bond donors (Lipinski definition) is 2. The number of rotatable bonds is 4. The number of phenolic OH excluding ortho intramolecular Hbond substituents is 1. The number of benzene rings is 2. The first-order valence-electron chi connectivity index (χ1n) is 6.46. The minimum atomic E-state index is 0.254. The summed E-state index contributed by atoms with van der Waals surface area (Å²) in [5.74, 6) is 0.254. The molecule has 2 aromatic rings. The summed E-state index contributed by atoms with van der Waals surface area (Å²) in [6, 6.07) is 11.3. The Kier molecular flexibility index (Phi) is 4.40. The van der Waals surface area contributed by atoms with Crippen LogP contribution in [0.5, 0.6) is 5.75 Å². The van der Waals surface area contributed by atoms with E-state index in [0.29, 0.717) is 11.6 Å². The molecule has 0 aromatic heterocycles. The second-order valence-electron chi connectivity index (χ2n) is 5.02. The largest absolute Gasteiger partial charge is 0.508 e. The predicted molar refractivity (Wildman–Crippen MR) is 85.9 cm³/mol. The number of hydrogen-bond acceptors (Lipinski definition) is 3. The van der Waals surface area contributed by atoms with Gasteiger partial charge in [-0.3, -0.25) is 0 Å². The lowest BCUT2D eigenvalue weighted by Gasteiger charge is -2.16. The quantitative estimate of drug-likeness (QED) is 0.892. The molecule has 0 amide bonds. The smallest absolute Gasteiger partial charge is 0.120 e. The Bertz CT molecular complexity index is 611. The van der Waals surface area contributed by atoms with E-state index in [9.17, 15) is 5.11 Å². The third kappa shape index (κ3) is 3.36. The Hall–Kier alpha value is -1.87. The number of nitrogens with one attached hydrogen (secondary N) is 1. The van der Waals surface area contributed by atoms with Crippen LogP contribution in [0.3, 0.4) is 0 Å². The fraction of sp³-hybridized carbons (Fsp3) is 0.250. The van der Waals surface area contributed by atoms with Gasteiger partial charge in [0.1, 0.15) is 5.75 Å². The van der Waals surface area contributed by atoms with Crippen molar-refractivity contribution in [1.82, 2.24) is 0 Å². The maximum atomic E-state index is 9.79. The molecule has 2 N–H and O–H groups in total. The Morgan fingerprint density at radius 3 is 2.55 bits per heavy atom. The van der Waals surface area contributed by atoms with Gasteiger partial charge in [0.2, 0.25) is 0 Å². The lowest BCUT2D eigenvalue weighted by Crippen LogP contribution is -2.09. The molecule has 20 heavy (non-hydrogen) atoms. The molecular weight excluding hydrogens is 272 g/mol. The third-order valence-corrected chi connectivity index (χ3v) is 3.47. The van der Waals surface area contributed by atoms with Gasteiger partial charge in [-0.15, -0.1) is 0 Å². The zero-order chi connectivity index (χ0) is 14.7. The van der Waals surface area contributed by atoms with Crippen molar-refractivity contribution in [3.63, 3.8) is 0 Å². The fourth-order valence-corrected chi connectivity index (χ4v) is 2.21. The number of anilines is 2. The molecular formula is C16H19ClN2O. The third-order valence-electron chi connectivity index (χ3n) is 3.24. The minimum absolute atomic E-state index is 0.254. The van der Waals surface area contributed by atoms with E-state index in [2.05, 4.69) is 29.3 Å². The first-order chi connectivity index (χ1) is 9.47. The summed E-state index contributed by atoms with van der Waals surface area (Å²) in [6.45, 7) is 2.60. The van der Waals surface area contributed by atoms with Gasteiger partial charge in [0.25, 0.3) is 0 Å². The van der Waals surface area contributed by atoms with Crippen molar-refractivity contribution < 1.29 is 5.11 Å². The van der Waals surface area contributed by atoms with Crippen LogP contribution in [-0.4, -0.2) is 19.2 Å². The van der Waals surface area contributed by atoms with Crippen molar-refractivity contribution in [2.75, 3.05) is 24.3 Å². The van der Waals surface area contributed by atoms with E-state index >= 15 is 0 Å². The number of aromatic hydroxyl groups is 1. The molecule has 0 atom stereocenters. The van der Waals surface area contributed by atoms with E-state index in [1.165, 1.54) is 5.69 Å². The van der Waals surface area contributed by atoms with Crippen LogP contribution < -0.4 is 10.2 Å². The van der Waals surface area contributed by atoms with Gasteiger partial charge in [0, 0.05) is 42.6 Å². The van der Waals surface area contributed by atoms with Gasteiger partial charge in [-0.25, -0.2) is 0 Å². The summed E-state index contributed by atoms with van der Waals surface area (Å²) in [4.78, 5) is 2.07. The first kappa shape index (κ1) is 14.5. The Morgan fingerprint density at radius 2 is 1.90 bits per heavy atom. The highest BCUT2D eigenvalue weighted by molar-refractivity contribution is 6.30. The highest BCUT2D eigenvalue weighted by Crippen LogP contribution is 2.25. The molecule has 0 unspecified atom stereocenters. The Labute approximate surface area is 124 Å². The van der Waals surface area contributed by atoms with Crippen LogP contribution in [0.1, 0.15) is 11.1 Å². The van der Waals surface area contributed by atoms with Gasteiger partial charge in [0.05, 0.1) is 0 Å². The molecule has 0 bridgehead atoms. The highest BCUT2D eigenvalue weighted by atomic mass is 35.5. The molecule has 0 saturated heterocycles. The van der Waals surface area contributed by atoms with Crippen LogP contribution in [0.15, 0.2) is 36.4 Å². The van der Waals surface area contributed by atoms with E-state index in [-0.39, 0.29) is 5.75 Å². The standard InChI is InChI=1S/C16H19ClN2O/c1-11-8-14(19(2)3)5-6-15(11)18-10-12-9-13(17)4-7-16(12)20/h4-9,18,20H,10H2,1-3H3. The van der Waals surface area contributed by atoms with E-state index in [1.54, 1.807) is 18.2 Å². The number of phenols is 1. The molecule has 4 heteroatoms. The lowest BCUT2D eigenvalue weighted by molar-refractivity contribution is 0.469. The van der Waals surface area contributed by atoms with E-state index in [4.69, 9.17) is 11.6 Å². The van der Waals surface area contributed by atoms with Crippen molar-refractivity contribution >= 4 is 23.0 Å². The average Bonchev–Trinajstić information content (AvgIpc) is 2.40. The zero-order valence-corrected chi connectivity index (χ0v) is 12.7. The molecule has 0 spiro atoms. The number of nitrogens with zero attached hydrogens (tertiary/aromatic N) is 1. The first-order valence-corrected chi connectivity index (χ1v) is 6.84. The molecule has 0 aliphatic carbocycles. The molecule has 3 nitrogen and oxygen atoms in total. The lowest BCUT2D eigenvalue weighted by atomic mass is 10.1. The van der Waals surface area contributed by atoms with Gasteiger partial charge in [-0.1, -0.05) is 11.6 Å². The van der Waals surface area contributed by atoms with E-state index in [0.717, 1.165) is 16.8 Å². The van der Waals surface area contributed by atoms with Gasteiger partial charge < -0.3 is 15.3 Å². The van der Waals surface area contributed by atoms with Crippen LogP contribution >= 0.6 is 11.6 Å². The minimum Gasteiger partial charge on any atom is -0.508 e. The molecule has 0 radical (unpaired) electrons. The summed E-state index contributed by atoms with van der Waals surface area (Å²) < 4.78 is 0. The monoisotopic (exact) mass is 290 g/mol. The van der Waals surface area contributed by atoms with Gasteiger partial charge in [-0.2, -0.15) is 0 Å². The van der Waals surface area contributed by atoms with Crippen LogP contribution in [0.4, 0.5) is 11.4 Å². The second-order valence-corrected chi connectivity index (χ2v) is 5.46. The molecule has 2 aromatic carbocycles. The van der Waals surface area contributed by atoms with Crippen molar-refractivity contribution in [3.05, 3.63) is 52.5 Å². The maximum Gasteiger partial charge on any atom is 0.120 e. The second kappa shape index (κ2) is 6.06. The molecule has 2 rings (SSSR count). The normalized spacial score (nSPS) is 10.4. The molecule has 0 saturated carbocycles. The van der Waals surface area contributed by atoms with Gasteiger partial charge in [-0.05, 0) is 48.9 Å². The molecule has 0 aliphatic heterocycles. The average molecular weight is 291 g/mol. The fourth-order valence-electron chi connectivity index (χ4n) is 2.01. The number of halogens is 1. The van der Waals surface area contributed by atoms with Crippen molar-refractivity contribution in [2.45, 2.75) is 13.5 Å². The molecule has 0 heterocycles. The summed E-state index contributed by atoms with van der Waals surface area (Å²) in [5.41, 5.74) is 4.17. The maximum absolute atomic E-state index is 9.79. The van der Waals surface area contributed by atoms with Crippen molar-refractivity contribution in [1.29, 1.82) is 0 Å². The van der Waals surface area contributed by atoms with Crippen LogP contribution in [0, 0.1) is 6.92 Å². The van der Waals surface area contributed by atoms with Gasteiger partial charge >= 0.3 is 0 Å². The topological polar surface area (TPSA) is 35.5 Å². The summed E-state index contributed by atoms with van der Waals surface area (Å²) in [5, 5.41) is 13.7. The van der Waals surface area contributed by atoms with Gasteiger partial charge in [0.15, 0.2) is 0 Å². The van der Waals surface area contributed by atoms with E-state index < -0.39 is 0 Å². The van der Waals surface area contributed by atoms with Crippen LogP contribution in [0.25, 0.3) is 0 Å². The zero-order valence-electron chi connectivity index (χ0n) is 11.9. The summed E-state index contributed by atoms with van der Waals surface area (Å²) in [6.07, 6.45) is 0. The Morgan fingerprint density at radius 1 is 1.15 bits per heavy atom.